The molecule has 0 fully saturated rings. The first-order valence-electron chi connectivity index (χ1n) is 5.82. The van der Waals surface area contributed by atoms with Crippen LogP contribution in [0.25, 0.3) is 0 Å². The molecule has 17 heavy (non-hydrogen) atoms. The summed E-state index contributed by atoms with van der Waals surface area (Å²) in [6.45, 7) is 4.18. The normalized spacial score (nSPS) is 11.0. The van der Waals surface area contributed by atoms with Gasteiger partial charge in [-0.2, -0.15) is 0 Å². The molecule has 0 atom stereocenters. The highest BCUT2D eigenvalue weighted by atomic mass is 16.4. The molecular weight excluding hydrogens is 222 g/mol. The number of hydrogen-bond donors (Lipinski definition) is 2. The van der Waals surface area contributed by atoms with Crippen LogP contribution in [0, 0.1) is 0 Å². The fourth-order valence-electron chi connectivity index (χ4n) is 1.59. The highest BCUT2D eigenvalue weighted by Crippen LogP contribution is 2.11. The largest absolute Gasteiger partial charge is 0.475 e. The molecule has 0 aliphatic heterocycles. The summed E-state index contributed by atoms with van der Waals surface area (Å²) in [5.41, 5.74) is 0. The Bertz CT molecular complexity index is 348. The van der Waals surface area contributed by atoms with E-state index in [1.165, 1.54) is 6.07 Å². The van der Waals surface area contributed by atoms with Crippen molar-refractivity contribution in [2.75, 3.05) is 19.7 Å². The second-order valence-electron chi connectivity index (χ2n) is 3.92. The molecule has 1 rings (SSSR count). The molecular formula is C12H19NO4. The molecule has 0 aliphatic rings. The Morgan fingerprint density at radius 3 is 2.71 bits per heavy atom. The molecule has 0 saturated carbocycles. The minimum absolute atomic E-state index is 0.0422. The van der Waals surface area contributed by atoms with Crippen molar-refractivity contribution in [1.29, 1.82) is 0 Å². The molecule has 2 N–H and O–H groups in total. The van der Waals surface area contributed by atoms with E-state index < -0.39 is 5.97 Å². The SMILES string of the molecule is CCCCN(CCO)Cc1ccc(C(=O)O)o1. The van der Waals surface area contributed by atoms with Crippen molar-refractivity contribution < 1.29 is 19.4 Å². The second-order valence-corrected chi connectivity index (χ2v) is 3.92. The lowest BCUT2D eigenvalue weighted by atomic mass is 10.3. The first kappa shape index (κ1) is 13.7. The molecule has 5 nitrogen and oxygen atoms in total. The molecule has 0 aliphatic carbocycles. The summed E-state index contributed by atoms with van der Waals surface area (Å²) in [4.78, 5) is 12.7. The van der Waals surface area contributed by atoms with Crippen molar-refractivity contribution in [2.24, 2.45) is 0 Å². The Morgan fingerprint density at radius 1 is 1.41 bits per heavy atom. The molecule has 0 radical (unpaired) electrons. The van der Waals surface area contributed by atoms with Crippen LogP contribution in [-0.4, -0.2) is 40.8 Å². The molecule has 1 aromatic heterocycles. The molecule has 0 amide bonds. The van der Waals surface area contributed by atoms with Gasteiger partial charge in [-0.3, -0.25) is 4.90 Å². The predicted molar refractivity (Wildman–Crippen MR) is 62.9 cm³/mol. The zero-order chi connectivity index (χ0) is 12.7. The number of furan rings is 1. The van der Waals surface area contributed by atoms with Crippen LogP contribution < -0.4 is 0 Å². The van der Waals surface area contributed by atoms with Gasteiger partial charge in [0.05, 0.1) is 13.2 Å². The third-order valence-corrected chi connectivity index (χ3v) is 2.50. The minimum atomic E-state index is -1.06. The van der Waals surface area contributed by atoms with Gasteiger partial charge in [0.2, 0.25) is 5.76 Å². The van der Waals surface area contributed by atoms with Crippen LogP contribution in [0.5, 0.6) is 0 Å². The number of aliphatic hydroxyl groups excluding tert-OH is 1. The van der Waals surface area contributed by atoms with Crippen molar-refractivity contribution in [3.8, 4) is 0 Å². The van der Waals surface area contributed by atoms with Crippen LogP contribution in [0.3, 0.4) is 0 Å². The van der Waals surface area contributed by atoms with E-state index in [4.69, 9.17) is 14.6 Å². The highest BCUT2D eigenvalue weighted by Gasteiger charge is 2.11. The lowest BCUT2D eigenvalue weighted by Gasteiger charge is -2.19. The van der Waals surface area contributed by atoms with Crippen LogP contribution in [-0.2, 0) is 6.54 Å². The summed E-state index contributed by atoms with van der Waals surface area (Å²) in [5, 5.41) is 17.7. The van der Waals surface area contributed by atoms with Gasteiger partial charge >= 0.3 is 5.97 Å². The van der Waals surface area contributed by atoms with Crippen molar-refractivity contribution in [2.45, 2.75) is 26.3 Å². The summed E-state index contributed by atoms with van der Waals surface area (Å²) < 4.78 is 5.18. The van der Waals surface area contributed by atoms with Gasteiger partial charge in [-0.25, -0.2) is 4.79 Å². The first-order chi connectivity index (χ1) is 8.17. The summed E-state index contributed by atoms with van der Waals surface area (Å²) in [6, 6.07) is 3.12. The summed E-state index contributed by atoms with van der Waals surface area (Å²) in [6.07, 6.45) is 2.13. The van der Waals surface area contributed by atoms with Crippen molar-refractivity contribution in [1.82, 2.24) is 4.90 Å². The molecule has 0 bridgehead atoms. The third kappa shape index (κ3) is 4.58. The maximum atomic E-state index is 10.7. The van der Waals surface area contributed by atoms with Crippen LogP contribution in [0.2, 0.25) is 0 Å². The zero-order valence-corrected chi connectivity index (χ0v) is 10.1. The van der Waals surface area contributed by atoms with Gasteiger partial charge in [0.25, 0.3) is 0 Å². The number of rotatable bonds is 8. The van der Waals surface area contributed by atoms with Crippen molar-refractivity contribution in [3.63, 3.8) is 0 Å². The number of aliphatic hydroxyl groups is 1. The van der Waals surface area contributed by atoms with Crippen LogP contribution in [0.4, 0.5) is 0 Å². The molecule has 0 saturated heterocycles. The number of aromatic carboxylic acids is 1. The number of unbranched alkanes of at least 4 members (excludes halogenated alkanes) is 1. The first-order valence-corrected chi connectivity index (χ1v) is 5.82. The third-order valence-electron chi connectivity index (χ3n) is 2.50. The number of hydrogen-bond acceptors (Lipinski definition) is 4. The summed E-state index contributed by atoms with van der Waals surface area (Å²) in [7, 11) is 0. The van der Waals surface area contributed by atoms with E-state index in [1.54, 1.807) is 6.07 Å². The van der Waals surface area contributed by atoms with E-state index in [1.807, 2.05) is 4.90 Å². The molecule has 1 aromatic rings. The highest BCUT2D eigenvalue weighted by molar-refractivity contribution is 5.84. The van der Waals surface area contributed by atoms with E-state index in [9.17, 15) is 4.79 Å². The summed E-state index contributed by atoms with van der Waals surface area (Å²) >= 11 is 0. The number of carbonyl (C=O) groups is 1. The zero-order valence-electron chi connectivity index (χ0n) is 10.1. The van der Waals surface area contributed by atoms with Gasteiger partial charge in [-0.05, 0) is 25.1 Å². The fourth-order valence-corrected chi connectivity index (χ4v) is 1.59. The summed E-state index contributed by atoms with van der Waals surface area (Å²) in [5.74, 6) is -0.482. The van der Waals surface area contributed by atoms with E-state index in [-0.39, 0.29) is 12.4 Å². The average molecular weight is 241 g/mol. The van der Waals surface area contributed by atoms with Crippen molar-refractivity contribution in [3.05, 3.63) is 23.7 Å². The van der Waals surface area contributed by atoms with Crippen molar-refractivity contribution >= 4 is 5.97 Å². The van der Waals surface area contributed by atoms with E-state index in [0.717, 1.165) is 19.4 Å². The lowest BCUT2D eigenvalue weighted by Crippen LogP contribution is -2.27. The van der Waals surface area contributed by atoms with Gasteiger partial charge in [0.15, 0.2) is 0 Å². The van der Waals surface area contributed by atoms with E-state index >= 15 is 0 Å². The minimum Gasteiger partial charge on any atom is -0.475 e. The van der Waals surface area contributed by atoms with Gasteiger partial charge in [-0.15, -0.1) is 0 Å². The van der Waals surface area contributed by atoms with E-state index in [2.05, 4.69) is 6.92 Å². The fraction of sp³-hybridized carbons (Fsp3) is 0.583. The van der Waals surface area contributed by atoms with Gasteiger partial charge in [-0.1, -0.05) is 13.3 Å². The molecule has 5 heteroatoms. The smallest absolute Gasteiger partial charge is 0.371 e. The Labute approximate surface area is 101 Å². The predicted octanol–water partition coefficient (Wildman–Crippen LogP) is 1.57. The topological polar surface area (TPSA) is 73.9 Å². The number of nitrogens with zero attached hydrogens (tertiary/aromatic N) is 1. The maximum Gasteiger partial charge on any atom is 0.371 e. The van der Waals surface area contributed by atoms with Gasteiger partial charge < -0.3 is 14.6 Å². The second kappa shape index (κ2) is 7.09. The standard InChI is InChI=1S/C12H19NO4/c1-2-3-6-13(7-8-14)9-10-4-5-11(17-10)12(15)16/h4-5,14H,2-3,6-9H2,1H3,(H,15,16). The molecule has 96 valence electrons. The Balaban J connectivity index is 2.55. The Kier molecular flexibility index (Phi) is 5.72. The lowest BCUT2D eigenvalue weighted by molar-refractivity contribution is 0.0657. The molecule has 0 aromatic carbocycles. The van der Waals surface area contributed by atoms with Gasteiger partial charge in [0, 0.05) is 6.54 Å². The Hall–Kier alpha value is -1.33. The molecule has 0 spiro atoms. The van der Waals surface area contributed by atoms with E-state index in [0.29, 0.717) is 18.8 Å². The number of carboxylic acids is 1. The quantitative estimate of drug-likeness (QED) is 0.722. The number of carboxylic acid groups (broad SMARTS) is 1. The molecule has 1 heterocycles. The Morgan fingerprint density at radius 2 is 2.18 bits per heavy atom. The van der Waals surface area contributed by atoms with Gasteiger partial charge in [0.1, 0.15) is 5.76 Å². The monoisotopic (exact) mass is 241 g/mol. The molecule has 0 unspecified atom stereocenters. The van der Waals surface area contributed by atoms with Crippen LogP contribution in [0.1, 0.15) is 36.1 Å². The maximum absolute atomic E-state index is 10.7. The average Bonchev–Trinajstić information content (AvgIpc) is 2.75. The van der Waals surface area contributed by atoms with Crippen LogP contribution >= 0.6 is 0 Å². The van der Waals surface area contributed by atoms with Crippen LogP contribution in [0.15, 0.2) is 16.5 Å².